The molecule has 14 atom stereocenters. The topological polar surface area (TPSA) is 204 Å². The van der Waals surface area contributed by atoms with Crippen molar-refractivity contribution in [1.29, 1.82) is 0 Å². The van der Waals surface area contributed by atoms with Gasteiger partial charge in [-0.1, -0.05) is 46.8 Å². The van der Waals surface area contributed by atoms with Gasteiger partial charge >= 0.3 is 11.9 Å². The van der Waals surface area contributed by atoms with Gasteiger partial charge in [0.15, 0.2) is 6.29 Å². The molecule has 15 heteroatoms. The van der Waals surface area contributed by atoms with E-state index < -0.39 is 88.5 Å². The SMILES string of the molecule is CC[C@H]1OC(=O)[C@H](C)[C@@H](OC(=O)Cc2cccc([N+](=O)[O-])c2)[C@H](C)[C@@H](O[C@@H]2O[C@H](C)C[C@H](N(C)CC)[C@H]2O)[C@](C)(OC)C[C@@H](C)C(=O)[C@H](C)[C@@H](O)[C@]1(C)O. The number of ketones is 1. The summed E-state index contributed by atoms with van der Waals surface area (Å²) >= 11 is 0. The van der Waals surface area contributed by atoms with Crippen LogP contribution in [0.5, 0.6) is 0 Å². The highest BCUT2D eigenvalue weighted by atomic mass is 16.7. The molecule has 2 fully saturated rings. The lowest BCUT2D eigenvalue weighted by molar-refractivity contribution is -0.384. The molecule has 1 aromatic rings. The van der Waals surface area contributed by atoms with Crippen LogP contribution in [-0.2, 0) is 44.5 Å². The van der Waals surface area contributed by atoms with Crippen molar-refractivity contribution in [2.24, 2.45) is 23.7 Å². The van der Waals surface area contributed by atoms with Crippen LogP contribution in [0.3, 0.4) is 0 Å². The van der Waals surface area contributed by atoms with Crippen LogP contribution in [0.1, 0.15) is 87.1 Å². The number of benzene rings is 1. The number of carbonyl (C=O) groups is 3. The first-order valence-electron chi connectivity index (χ1n) is 18.9. The number of methoxy groups -OCH3 is 1. The predicted octanol–water partition coefficient (Wildman–Crippen LogP) is 3.61. The van der Waals surface area contributed by atoms with E-state index in [9.17, 15) is 39.8 Å². The Morgan fingerprint density at radius 1 is 1.09 bits per heavy atom. The van der Waals surface area contributed by atoms with Crippen LogP contribution in [0.2, 0.25) is 0 Å². The fraction of sp³-hybridized carbons (Fsp3) is 0.769. The number of esters is 2. The Labute approximate surface area is 318 Å². The Balaban J connectivity index is 2.20. The molecule has 15 nitrogen and oxygen atoms in total. The lowest BCUT2D eigenvalue weighted by Crippen LogP contribution is -2.61. The van der Waals surface area contributed by atoms with Gasteiger partial charge < -0.3 is 43.9 Å². The zero-order chi connectivity index (χ0) is 40.9. The van der Waals surface area contributed by atoms with Crippen molar-refractivity contribution in [2.45, 2.75) is 148 Å². The molecule has 0 aliphatic carbocycles. The van der Waals surface area contributed by atoms with Gasteiger partial charge in [0.05, 0.1) is 41.2 Å². The van der Waals surface area contributed by atoms with Crippen LogP contribution in [0.15, 0.2) is 24.3 Å². The number of nitro groups is 1. The lowest BCUT2D eigenvalue weighted by atomic mass is 9.74. The van der Waals surface area contributed by atoms with Crippen molar-refractivity contribution < 1.29 is 58.3 Å². The first-order valence-corrected chi connectivity index (χ1v) is 18.9. The van der Waals surface area contributed by atoms with Gasteiger partial charge in [0, 0.05) is 43.0 Å². The van der Waals surface area contributed by atoms with Crippen molar-refractivity contribution in [3.8, 4) is 0 Å². The van der Waals surface area contributed by atoms with Gasteiger partial charge in [0.1, 0.15) is 29.7 Å². The average molecular weight is 767 g/mol. The Morgan fingerprint density at radius 3 is 2.31 bits per heavy atom. The molecule has 3 rings (SSSR count). The maximum atomic E-state index is 14.0. The molecule has 2 saturated heterocycles. The van der Waals surface area contributed by atoms with Gasteiger partial charge in [-0.25, -0.2) is 0 Å². The van der Waals surface area contributed by atoms with E-state index in [2.05, 4.69) is 0 Å². The molecule has 3 N–H and O–H groups in total. The molecule has 0 amide bonds. The lowest BCUT2D eigenvalue weighted by Gasteiger charge is -2.48. The Hall–Kier alpha value is -3.05. The first-order chi connectivity index (χ1) is 25.1. The van der Waals surface area contributed by atoms with E-state index in [1.807, 2.05) is 25.8 Å². The number of likely N-dealkylation sites (N-methyl/N-ethyl adjacent to an activating group) is 1. The van der Waals surface area contributed by atoms with Crippen molar-refractivity contribution in [1.82, 2.24) is 4.90 Å². The zero-order valence-corrected chi connectivity index (χ0v) is 33.6. The summed E-state index contributed by atoms with van der Waals surface area (Å²) in [7, 11) is 3.33. The number of nitro benzene ring substituents is 1. The van der Waals surface area contributed by atoms with Crippen LogP contribution in [0, 0.1) is 33.8 Å². The summed E-state index contributed by atoms with van der Waals surface area (Å²) in [5.74, 6) is -5.97. The summed E-state index contributed by atoms with van der Waals surface area (Å²) in [5.41, 5.74) is -3.30. The Kier molecular flexibility index (Phi) is 15.7. The Bertz CT molecular complexity index is 1460. The fourth-order valence-corrected chi connectivity index (χ4v) is 8.08. The summed E-state index contributed by atoms with van der Waals surface area (Å²) < 4.78 is 31.0. The van der Waals surface area contributed by atoms with Crippen LogP contribution in [0.25, 0.3) is 0 Å². The van der Waals surface area contributed by atoms with Crippen LogP contribution in [0.4, 0.5) is 5.69 Å². The summed E-state index contributed by atoms with van der Waals surface area (Å²) in [6.07, 6.45) is -7.62. The molecule has 0 radical (unpaired) electrons. The third-order valence-electron chi connectivity index (χ3n) is 11.6. The zero-order valence-electron chi connectivity index (χ0n) is 33.6. The molecule has 1 aromatic carbocycles. The van der Waals surface area contributed by atoms with Crippen LogP contribution in [-0.4, -0.2) is 124 Å². The molecule has 2 aliphatic rings. The molecule has 0 aromatic heterocycles. The number of rotatable bonds is 10. The summed E-state index contributed by atoms with van der Waals surface area (Å²) in [5, 5.41) is 46.0. The van der Waals surface area contributed by atoms with E-state index in [1.165, 1.54) is 46.1 Å². The molecular formula is C39H62N2O13. The van der Waals surface area contributed by atoms with Gasteiger partial charge in [0.25, 0.3) is 5.69 Å². The minimum absolute atomic E-state index is 0.0254. The summed E-state index contributed by atoms with van der Waals surface area (Å²) in [6, 6.07) is 5.23. The van der Waals surface area contributed by atoms with Crippen molar-refractivity contribution in [3.05, 3.63) is 39.9 Å². The van der Waals surface area contributed by atoms with E-state index in [0.29, 0.717) is 18.5 Å². The highest BCUT2D eigenvalue weighted by Crippen LogP contribution is 2.40. The normalized spacial score (nSPS) is 38.7. The van der Waals surface area contributed by atoms with Crippen molar-refractivity contribution >= 4 is 23.4 Å². The number of cyclic esters (lactones) is 1. The van der Waals surface area contributed by atoms with Crippen molar-refractivity contribution in [3.63, 3.8) is 0 Å². The second kappa shape index (κ2) is 18.7. The molecule has 2 aliphatic heterocycles. The number of carbonyl (C=O) groups excluding carboxylic acids is 3. The highest BCUT2D eigenvalue weighted by Gasteiger charge is 2.53. The number of hydrogen-bond donors (Lipinski definition) is 3. The van der Waals surface area contributed by atoms with Gasteiger partial charge in [0.2, 0.25) is 0 Å². The largest absolute Gasteiger partial charge is 0.461 e. The number of aliphatic hydroxyl groups is 3. The molecule has 0 spiro atoms. The quantitative estimate of drug-likeness (QED) is 0.177. The minimum atomic E-state index is -2.04. The van der Waals surface area contributed by atoms with Gasteiger partial charge in [-0.2, -0.15) is 0 Å². The second-order valence-electron chi connectivity index (χ2n) is 15.8. The molecule has 0 bridgehead atoms. The number of non-ortho nitro benzene ring substituents is 1. The van der Waals surface area contributed by atoms with E-state index in [4.69, 9.17) is 23.7 Å². The van der Waals surface area contributed by atoms with E-state index in [0.717, 1.165) is 0 Å². The number of aliphatic hydroxyl groups excluding tert-OH is 2. The number of nitrogens with zero attached hydrogens (tertiary/aromatic N) is 2. The molecule has 0 saturated carbocycles. The maximum absolute atomic E-state index is 14.0. The van der Waals surface area contributed by atoms with Gasteiger partial charge in [-0.15, -0.1) is 0 Å². The van der Waals surface area contributed by atoms with E-state index in [-0.39, 0.29) is 42.9 Å². The molecule has 2 heterocycles. The number of ether oxygens (including phenoxy) is 5. The summed E-state index contributed by atoms with van der Waals surface area (Å²) in [6.45, 7) is 15.6. The van der Waals surface area contributed by atoms with Gasteiger partial charge in [-0.05, 0) is 66.1 Å². The van der Waals surface area contributed by atoms with E-state index >= 15 is 0 Å². The van der Waals surface area contributed by atoms with Crippen LogP contribution >= 0.6 is 0 Å². The average Bonchev–Trinajstić information content (AvgIpc) is 3.13. The van der Waals surface area contributed by atoms with Crippen LogP contribution < -0.4 is 0 Å². The highest BCUT2D eigenvalue weighted by molar-refractivity contribution is 5.83. The predicted molar refractivity (Wildman–Crippen MR) is 197 cm³/mol. The van der Waals surface area contributed by atoms with Gasteiger partial charge in [-0.3, -0.25) is 24.5 Å². The fourth-order valence-electron chi connectivity index (χ4n) is 8.08. The molecule has 54 heavy (non-hydrogen) atoms. The first kappa shape index (κ1) is 45.3. The number of Topliss-reactive ketones (excluding diaryl/α,β-unsaturated/α-hetero) is 1. The molecular weight excluding hydrogens is 704 g/mol. The standard InChI is InChI=1S/C39H62N2O13/c1-12-29-39(9,47)34(45)23(5)31(43)21(3)20-38(8,50-11)35(54-37-32(44)28(40(10)13-2)17-22(4)51-37)24(6)33(25(7)36(46)52-29)53-30(42)19-26-15-14-16-27(18-26)41(48)49/h14-16,18,21-25,28-29,32-35,37,44-45,47H,12-13,17,19-20H2,1-11H3/t21-,22-,23+,24+,25-,28+,29-,32-,33+,34-,35-,37+,38-,39-/m1/s1. The smallest absolute Gasteiger partial charge is 0.312 e. The Morgan fingerprint density at radius 2 is 1.74 bits per heavy atom. The second-order valence-corrected chi connectivity index (χ2v) is 15.8. The van der Waals surface area contributed by atoms with E-state index in [1.54, 1.807) is 33.8 Å². The minimum Gasteiger partial charge on any atom is -0.461 e. The number of hydrogen-bond acceptors (Lipinski definition) is 14. The third-order valence-corrected chi connectivity index (χ3v) is 11.6. The monoisotopic (exact) mass is 766 g/mol. The van der Waals surface area contributed by atoms with Crippen molar-refractivity contribution in [2.75, 3.05) is 20.7 Å². The molecule has 306 valence electrons. The third kappa shape index (κ3) is 10.2. The molecule has 0 unspecified atom stereocenters. The maximum Gasteiger partial charge on any atom is 0.312 e. The summed E-state index contributed by atoms with van der Waals surface area (Å²) in [4.78, 5) is 54.5.